The Morgan fingerprint density at radius 3 is 2.91 bits per heavy atom. The summed E-state index contributed by atoms with van der Waals surface area (Å²) in [6, 6.07) is 7.92. The summed E-state index contributed by atoms with van der Waals surface area (Å²) >= 11 is 5.94. The molecule has 1 unspecified atom stereocenters. The molecule has 0 fully saturated rings. The minimum atomic E-state index is -0.570. The van der Waals surface area contributed by atoms with E-state index in [0.717, 1.165) is 21.9 Å². The van der Waals surface area contributed by atoms with Crippen molar-refractivity contribution < 1.29 is 9.84 Å². The van der Waals surface area contributed by atoms with Gasteiger partial charge in [0, 0.05) is 30.5 Å². The van der Waals surface area contributed by atoms with Crippen LogP contribution in [-0.4, -0.2) is 39.7 Å². The van der Waals surface area contributed by atoms with Gasteiger partial charge >= 0.3 is 0 Å². The average molecular weight is 318 g/mol. The van der Waals surface area contributed by atoms with Crippen LogP contribution in [0.25, 0.3) is 21.9 Å². The van der Waals surface area contributed by atoms with Gasteiger partial charge in [-0.2, -0.15) is 5.10 Å². The summed E-state index contributed by atoms with van der Waals surface area (Å²) in [5.74, 6) is 0. The first kappa shape index (κ1) is 15.0. The van der Waals surface area contributed by atoms with Gasteiger partial charge in [0.2, 0.25) is 0 Å². The van der Waals surface area contributed by atoms with E-state index in [9.17, 15) is 5.11 Å². The average Bonchev–Trinajstić information content (AvgIpc) is 2.95. The Labute approximate surface area is 133 Å². The summed E-state index contributed by atoms with van der Waals surface area (Å²) in [7, 11) is 1.56. The maximum Gasteiger partial charge on any atom is 0.129 e. The predicted octanol–water partition coefficient (Wildman–Crippen LogP) is 2.76. The van der Waals surface area contributed by atoms with E-state index in [1.165, 1.54) is 0 Å². The summed E-state index contributed by atoms with van der Waals surface area (Å²) in [5, 5.41) is 16.6. The number of benzene rings is 1. The molecule has 0 aliphatic carbocycles. The number of halogens is 1. The molecule has 1 atom stereocenters. The Hall–Kier alpha value is -1.95. The van der Waals surface area contributed by atoms with Crippen molar-refractivity contribution in [3.63, 3.8) is 0 Å². The minimum absolute atomic E-state index is 0.288. The van der Waals surface area contributed by atoms with Crippen LogP contribution >= 0.6 is 11.6 Å². The number of pyridine rings is 1. The van der Waals surface area contributed by atoms with Crippen molar-refractivity contribution in [1.29, 1.82) is 0 Å². The van der Waals surface area contributed by atoms with Crippen LogP contribution in [0.4, 0.5) is 0 Å². The van der Waals surface area contributed by atoms with Gasteiger partial charge in [-0.15, -0.1) is 0 Å². The second kappa shape index (κ2) is 6.44. The van der Waals surface area contributed by atoms with Crippen molar-refractivity contribution >= 4 is 22.4 Å². The molecule has 5 nitrogen and oxygen atoms in total. The van der Waals surface area contributed by atoms with Crippen LogP contribution < -0.4 is 0 Å². The zero-order chi connectivity index (χ0) is 15.5. The fourth-order valence-corrected chi connectivity index (χ4v) is 2.53. The van der Waals surface area contributed by atoms with E-state index in [1.807, 2.05) is 24.4 Å². The molecule has 2 aromatic heterocycles. The lowest BCUT2D eigenvalue weighted by molar-refractivity contribution is 0.0514. The third-order valence-electron chi connectivity index (χ3n) is 3.41. The third kappa shape index (κ3) is 3.27. The van der Waals surface area contributed by atoms with Crippen molar-refractivity contribution in [3.8, 4) is 11.1 Å². The Morgan fingerprint density at radius 2 is 2.09 bits per heavy atom. The van der Waals surface area contributed by atoms with Gasteiger partial charge in [0.25, 0.3) is 0 Å². The molecule has 114 valence electrons. The Bertz CT molecular complexity index is 788. The van der Waals surface area contributed by atoms with Gasteiger partial charge in [0.05, 0.1) is 25.5 Å². The number of ether oxygens (including phenoxy) is 1. The lowest BCUT2D eigenvalue weighted by atomic mass is 10.1. The standard InChI is InChI=1S/C16H16ClN3O2/c1-22-10-15(21)9-20-8-14(7-19-20)11-2-3-12-6-18-16(17)5-13(12)4-11/h2-8,15,21H,9-10H2,1H3. The molecule has 0 aliphatic heterocycles. The molecule has 2 heterocycles. The molecule has 0 spiro atoms. The van der Waals surface area contributed by atoms with Crippen LogP contribution in [0.5, 0.6) is 0 Å². The van der Waals surface area contributed by atoms with Crippen LogP contribution in [-0.2, 0) is 11.3 Å². The maximum atomic E-state index is 9.75. The van der Waals surface area contributed by atoms with Crippen LogP contribution in [0.1, 0.15) is 0 Å². The van der Waals surface area contributed by atoms with E-state index < -0.39 is 6.10 Å². The second-order valence-corrected chi connectivity index (χ2v) is 5.52. The van der Waals surface area contributed by atoms with Crippen molar-refractivity contribution in [2.75, 3.05) is 13.7 Å². The van der Waals surface area contributed by atoms with Crippen molar-refractivity contribution in [2.24, 2.45) is 0 Å². The van der Waals surface area contributed by atoms with Gasteiger partial charge in [-0.3, -0.25) is 4.68 Å². The number of aromatic nitrogens is 3. The quantitative estimate of drug-likeness (QED) is 0.735. The molecule has 0 aliphatic rings. The van der Waals surface area contributed by atoms with Gasteiger partial charge < -0.3 is 9.84 Å². The Balaban J connectivity index is 1.86. The van der Waals surface area contributed by atoms with Gasteiger partial charge in [-0.05, 0) is 23.1 Å². The molecule has 0 radical (unpaired) electrons. The normalized spacial score (nSPS) is 12.7. The van der Waals surface area contributed by atoms with Gasteiger partial charge in [-0.25, -0.2) is 4.98 Å². The maximum absolute atomic E-state index is 9.75. The molecular weight excluding hydrogens is 302 g/mol. The SMILES string of the molecule is COCC(O)Cn1cc(-c2ccc3cnc(Cl)cc3c2)cn1. The summed E-state index contributed by atoms with van der Waals surface area (Å²) in [5.41, 5.74) is 2.03. The smallest absolute Gasteiger partial charge is 0.129 e. The summed E-state index contributed by atoms with van der Waals surface area (Å²) in [6.45, 7) is 0.688. The van der Waals surface area contributed by atoms with Crippen molar-refractivity contribution in [3.05, 3.63) is 48.0 Å². The monoisotopic (exact) mass is 317 g/mol. The summed E-state index contributed by atoms with van der Waals surface area (Å²) in [6.07, 6.45) is 4.87. The fourth-order valence-electron chi connectivity index (χ4n) is 2.37. The van der Waals surface area contributed by atoms with E-state index in [4.69, 9.17) is 16.3 Å². The first-order valence-electron chi connectivity index (χ1n) is 6.91. The zero-order valence-electron chi connectivity index (χ0n) is 12.1. The van der Waals surface area contributed by atoms with Crippen molar-refractivity contribution in [2.45, 2.75) is 12.6 Å². The van der Waals surface area contributed by atoms with E-state index in [0.29, 0.717) is 11.7 Å². The molecule has 1 N–H and O–H groups in total. The molecule has 0 bridgehead atoms. The molecule has 3 aromatic rings. The largest absolute Gasteiger partial charge is 0.389 e. The molecule has 6 heteroatoms. The molecular formula is C16H16ClN3O2. The number of aliphatic hydroxyl groups is 1. The first-order valence-corrected chi connectivity index (χ1v) is 7.28. The highest BCUT2D eigenvalue weighted by atomic mass is 35.5. The van der Waals surface area contributed by atoms with E-state index in [2.05, 4.69) is 16.1 Å². The highest BCUT2D eigenvalue weighted by molar-refractivity contribution is 6.30. The van der Waals surface area contributed by atoms with Gasteiger partial charge in [0.1, 0.15) is 5.15 Å². The molecule has 0 saturated carbocycles. The highest BCUT2D eigenvalue weighted by Gasteiger charge is 2.08. The van der Waals surface area contributed by atoms with Crippen LogP contribution in [0.2, 0.25) is 5.15 Å². The minimum Gasteiger partial charge on any atom is -0.389 e. The molecule has 0 amide bonds. The number of fused-ring (bicyclic) bond motifs is 1. The van der Waals surface area contributed by atoms with E-state index in [-0.39, 0.29) is 6.61 Å². The van der Waals surface area contributed by atoms with Crippen LogP contribution in [0.3, 0.4) is 0 Å². The van der Waals surface area contributed by atoms with E-state index >= 15 is 0 Å². The zero-order valence-corrected chi connectivity index (χ0v) is 12.9. The van der Waals surface area contributed by atoms with Crippen molar-refractivity contribution in [1.82, 2.24) is 14.8 Å². The molecule has 1 aromatic carbocycles. The molecule has 3 rings (SSSR count). The second-order valence-electron chi connectivity index (χ2n) is 5.13. The van der Waals surface area contributed by atoms with Crippen LogP contribution in [0, 0.1) is 0 Å². The molecule has 22 heavy (non-hydrogen) atoms. The fraction of sp³-hybridized carbons (Fsp3) is 0.250. The highest BCUT2D eigenvalue weighted by Crippen LogP contribution is 2.25. The number of aliphatic hydroxyl groups excluding tert-OH is 1. The van der Waals surface area contributed by atoms with Crippen LogP contribution in [0.15, 0.2) is 42.9 Å². The predicted molar refractivity (Wildman–Crippen MR) is 85.9 cm³/mol. The lowest BCUT2D eigenvalue weighted by Gasteiger charge is -2.08. The number of nitrogens with zero attached hydrogens (tertiary/aromatic N) is 3. The third-order valence-corrected chi connectivity index (χ3v) is 3.62. The number of hydrogen-bond donors (Lipinski definition) is 1. The number of rotatable bonds is 5. The van der Waals surface area contributed by atoms with Gasteiger partial charge in [0.15, 0.2) is 0 Å². The lowest BCUT2D eigenvalue weighted by Crippen LogP contribution is -2.21. The Morgan fingerprint density at radius 1 is 1.23 bits per heavy atom. The number of hydrogen-bond acceptors (Lipinski definition) is 4. The summed E-state index contributed by atoms with van der Waals surface area (Å²) in [4.78, 5) is 4.07. The number of methoxy groups -OCH3 is 1. The summed E-state index contributed by atoms with van der Waals surface area (Å²) < 4.78 is 6.63. The first-order chi connectivity index (χ1) is 10.7. The topological polar surface area (TPSA) is 60.2 Å². The van der Waals surface area contributed by atoms with Gasteiger partial charge in [-0.1, -0.05) is 23.7 Å². The molecule has 0 saturated heterocycles. The van der Waals surface area contributed by atoms with E-state index in [1.54, 1.807) is 24.2 Å². The Kier molecular flexibility index (Phi) is 4.38.